The lowest BCUT2D eigenvalue weighted by molar-refractivity contribution is -0.141. The van der Waals surface area contributed by atoms with Crippen molar-refractivity contribution in [3.63, 3.8) is 0 Å². The van der Waals surface area contributed by atoms with Gasteiger partial charge in [0.15, 0.2) is 0 Å². The predicted molar refractivity (Wildman–Crippen MR) is 68.9 cm³/mol. The molecule has 1 aromatic carbocycles. The van der Waals surface area contributed by atoms with Crippen LogP contribution in [0.1, 0.15) is 29.3 Å². The molecule has 19 heavy (non-hydrogen) atoms. The molecular weight excluding hydrogens is 246 g/mol. The van der Waals surface area contributed by atoms with E-state index in [1.54, 1.807) is 12.1 Å². The molecule has 102 valence electrons. The Hall–Kier alpha value is -1.88. The second-order valence-electron chi connectivity index (χ2n) is 4.75. The van der Waals surface area contributed by atoms with Gasteiger partial charge in [-0.1, -0.05) is 19.1 Å². The van der Waals surface area contributed by atoms with Crippen LogP contribution in [0, 0.1) is 0 Å². The van der Waals surface area contributed by atoms with Gasteiger partial charge in [-0.05, 0) is 24.1 Å². The highest BCUT2D eigenvalue weighted by atomic mass is 16.4. The van der Waals surface area contributed by atoms with E-state index in [0.29, 0.717) is 5.56 Å². The Kier molecular flexibility index (Phi) is 3.85. The summed E-state index contributed by atoms with van der Waals surface area (Å²) in [5.41, 5.74) is 1.57. The monoisotopic (exact) mass is 263 g/mol. The average molecular weight is 263 g/mol. The molecule has 2 rings (SSSR count). The third-order valence-electron chi connectivity index (χ3n) is 3.43. The van der Waals surface area contributed by atoms with E-state index in [-0.39, 0.29) is 18.9 Å². The molecule has 0 bridgehead atoms. The first-order chi connectivity index (χ1) is 9.02. The van der Waals surface area contributed by atoms with E-state index in [9.17, 15) is 14.7 Å². The van der Waals surface area contributed by atoms with Gasteiger partial charge in [-0.25, -0.2) is 4.79 Å². The Balaban J connectivity index is 2.20. The highest BCUT2D eigenvalue weighted by Crippen LogP contribution is 2.21. The van der Waals surface area contributed by atoms with E-state index >= 15 is 0 Å². The van der Waals surface area contributed by atoms with Crippen LogP contribution >= 0.6 is 0 Å². The minimum atomic E-state index is -1.07. The van der Waals surface area contributed by atoms with Crippen LogP contribution in [0.5, 0.6) is 0 Å². The molecular formula is C14H17NO4. The van der Waals surface area contributed by atoms with Gasteiger partial charge in [-0.15, -0.1) is 0 Å². The molecule has 1 aliphatic rings. The van der Waals surface area contributed by atoms with Crippen molar-refractivity contribution >= 4 is 11.9 Å². The molecule has 0 aromatic heterocycles. The van der Waals surface area contributed by atoms with Crippen LogP contribution in [0.4, 0.5) is 0 Å². The number of carboxylic acid groups (broad SMARTS) is 1. The normalized spacial score (nSPS) is 22.5. The molecule has 1 amide bonds. The third-order valence-corrected chi connectivity index (χ3v) is 3.43. The molecule has 0 spiro atoms. The van der Waals surface area contributed by atoms with Gasteiger partial charge in [0.25, 0.3) is 5.91 Å². The second kappa shape index (κ2) is 5.40. The van der Waals surface area contributed by atoms with E-state index in [0.717, 1.165) is 12.0 Å². The Morgan fingerprint density at radius 1 is 1.32 bits per heavy atom. The summed E-state index contributed by atoms with van der Waals surface area (Å²) in [5.74, 6) is -1.42. The molecule has 2 N–H and O–H groups in total. The van der Waals surface area contributed by atoms with Crippen molar-refractivity contribution in [2.45, 2.75) is 31.9 Å². The number of carbonyl (C=O) groups excluding carboxylic acids is 1. The number of carboxylic acids is 1. The fourth-order valence-corrected chi connectivity index (χ4v) is 2.32. The predicted octanol–water partition coefficient (Wildman–Crippen LogP) is 0.909. The van der Waals surface area contributed by atoms with Crippen molar-refractivity contribution in [2.75, 3.05) is 6.54 Å². The van der Waals surface area contributed by atoms with Crippen molar-refractivity contribution in [3.05, 3.63) is 35.4 Å². The van der Waals surface area contributed by atoms with Gasteiger partial charge in [-0.3, -0.25) is 4.79 Å². The summed E-state index contributed by atoms with van der Waals surface area (Å²) in [6, 6.07) is 6.17. The Morgan fingerprint density at radius 3 is 2.47 bits per heavy atom. The molecule has 0 saturated carbocycles. The maximum absolute atomic E-state index is 12.3. The summed E-state index contributed by atoms with van der Waals surface area (Å²) in [6.45, 7) is 2.10. The number of aliphatic carboxylic acids is 1. The number of carbonyl (C=O) groups is 2. The number of benzene rings is 1. The van der Waals surface area contributed by atoms with E-state index < -0.39 is 18.1 Å². The zero-order valence-corrected chi connectivity index (χ0v) is 10.7. The van der Waals surface area contributed by atoms with Gasteiger partial charge in [0.1, 0.15) is 6.04 Å². The minimum Gasteiger partial charge on any atom is -0.480 e. The molecule has 2 atom stereocenters. The van der Waals surface area contributed by atoms with Gasteiger partial charge in [0.2, 0.25) is 0 Å². The first-order valence-corrected chi connectivity index (χ1v) is 6.33. The van der Waals surface area contributed by atoms with E-state index in [4.69, 9.17) is 5.11 Å². The van der Waals surface area contributed by atoms with Gasteiger partial charge in [0.05, 0.1) is 6.10 Å². The lowest BCUT2D eigenvalue weighted by Gasteiger charge is -2.21. The maximum atomic E-state index is 12.3. The first kappa shape index (κ1) is 13.5. The molecule has 0 radical (unpaired) electrons. The number of nitrogens with zero attached hydrogens (tertiary/aromatic N) is 1. The fourth-order valence-electron chi connectivity index (χ4n) is 2.32. The molecule has 0 aliphatic carbocycles. The smallest absolute Gasteiger partial charge is 0.326 e. The third kappa shape index (κ3) is 2.76. The molecule has 1 saturated heterocycles. The molecule has 1 heterocycles. The van der Waals surface area contributed by atoms with Crippen LogP contribution in [0.2, 0.25) is 0 Å². The molecule has 1 fully saturated rings. The Labute approximate surface area is 111 Å². The summed E-state index contributed by atoms with van der Waals surface area (Å²) < 4.78 is 0. The summed E-state index contributed by atoms with van der Waals surface area (Å²) in [6.07, 6.45) is 0.211. The number of aryl methyl sites for hydroxylation is 1. The zero-order valence-electron chi connectivity index (χ0n) is 10.7. The Bertz CT molecular complexity index is 483. The lowest BCUT2D eigenvalue weighted by atomic mass is 10.1. The van der Waals surface area contributed by atoms with Crippen molar-refractivity contribution in [1.29, 1.82) is 0 Å². The van der Waals surface area contributed by atoms with Crippen LogP contribution in [0.3, 0.4) is 0 Å². The van der Waals surface area contributed by atoms with Crippen LogP contribution in [0.25, 0.3) is 0 Å². The van der Waals surface area contributed by atoms with Crippen molar-refractivity contribution in [1.82, 2.24) is 4.90 Å². The van der Waals surface area contributed by atoms with Gasteiger partial charge >= 0.3 is 5.97 Å². The topological polar surface area (TPSA) is 77.8 Å². The quantitative estimate of drug-likeness (QED) is 0.849. The standard InChI is InChI=1S/C14H17NO4/c1-2-9-3-5-10(6-4-9)13(17)15-8-11(16)7-12(15)14(18)19/h3-6,11-12,16H,2,7-8H2,1H3,(H,18,19)/t11-,12-/m0/s1. The van der Waals surface area contributed by atoms with Crippen LogP contribution in [-0.4, -0.2) is 45.7 Å². The van der Waals surface area contributed by atoms with E-state index in [1.165, 1.54) is 4.90 Å². The van der Waals surface area contributed by atoms with E-state index in [2.05, 4.69) is 0 Å². The number of aliphatic hydroxyl groups excluding tert-OH is 1. The lowest BCUT2D eigenvalue weighted by Crippen LogP contribution is -2.40. The SMILES string of the molecule is CCc1ccc(C(=O)N2C[C@@H](O)C[C@H]2C(=O)O)cc1. The molecule has 1 aliphatic heterocycles. The molecule has 5 nitrogen and oxygen atoms in total. The van der Waals surface area contributed by atoms with Crippen LogP contribution < -0.4 is 0 Å². The summed E-state index contributed by atoms with van der Waals surface area (Å²) in [5, 5.41) is 18.6. The number of β-amino-alcohol motifs (C(OH)–C–C–N with tert-alkyl or cyclic N) is 1. The number of likely N-dealkylation sites (tertiary alicyclic amines) is 1. The summed E-state index contributed by atoms with van der Waals surface area (Å²) in [4.78, 5) is 24.6. The Morgan fingerprint density at radius 2 is 1.95 bits per heavy atom. The zero-order chi connectivity index (χ0) is 14.0. The number of hydrogen-bond donors (Lipinski definition) is 2. The highest BCUT2D eigenvalue weighted by Gasteiger charge is 2.39. The maximum Gasteiger partial charge on any atom is 0.326 e. The van der Waals surface area contributed by atoms with Gasteiger partial charge in [-0.2, -0.15) is 0 Å². The first-order valence-electron chi connectivity index (χ1n) is 6.33. The van der Waals surface area contributed by atoms with E-state index in [1.807, 2.05) is 19.1 Å². The summed E-state index contributed by atoms with van der Waals surface area (Å²) in [7, 11) is 0. The van der Waals surface area contributed by atoms with Crippen molar-refractivity contribution < 1.29 is 19.8 Å². The second-order valence-corrected chi connectivity index (χ2v) is 4.75. The van der Waals surface area contributed by atoms with Gasteiger partial charge < -0.3 is 15.1 Å². The highest BCUT2D eigenvalue weighted by molar-refractivity contribution is 5.97. The molecule has 0 unspecified atom stereocenters. The number of hydrogen-bond acceptors (Lipinski definition) is 3. The van der Waals surface area contributed by atoms with Crippen molar-refractivity contribution in [2.24, 2.45) is 0 Å². The molecule has 1 aromatic rings. The largest absolute Gasteiger partial charge is 0.480 e. The van der Waals surface area contributed by atoms with Crippen LogP contribution in [0.15, 0.2) is 24.3 Å². The fraction of sp³-hybridized carbons (Fsp3) is 0.429. The van der Waals surface area contributed by atoms with Gasteiger partial charge in [0, 0.05) is 18.5 Å². The number of amides is 1. The number of aliphatic hydroxyl groups is 1. The molecule has 5 heteroatoms. The average Bonchev–Trinajstić information content (AvgIpc) is 2.80. The minimum absolute atomic E-state index is 0.0747. The number of rotatable bonds is 3. The summed E-state index contributed by atoms with van der Waals surface area (Å²) >= 11 is 0. The van der Waals surface area contributed by atoms with Crippen LogP contribution in [-0.2, 0) is 11.2 Å². The van der Waals surface area contributed by atoms with Crippen molar-refractivity contribution in [3.8, 4) is 0 Å².